The third-order valence-corrected chi connectivity index (χ3v) is 13.6. The number of hydrogen-bond acceptors (Lipinski definition) is 1. The molecule has 0 bridgehead atoms. The molecule has 0 radical (unpaired) electrons. The van der Waals surface area contributed by atoms with Crippen LogP contribution in [-0.4, -0.2) is 0 Å². The fourth-order valence-corrected chi connectivity index (χ4v) is 10.7. The molecule has 12 aromatic rings. The van der Waals surface area contributed by atoms with Gasteiger partial charge in [0.2, 0.25) is 0 Å². The van der Waals surface area contributed by atoms with E-state index < -0.39 is 0 Å². The number of para-hydroxylation sites is 1. The van der Waals surface area contributed by atoms with Crippen LogP contribution in [0, 0.1) is 0 Å². The summed E-state index contributed by atoms with van der Waals surface area (Å²) in [5.41, 5.74) is 14.7. The Morgan fingerprint density at radius 3 is 1.63 bits per heavy atom. The Labute approximate surface area is 347 Å². The predicted octanol–water partition coefficient (Wildman–Crippen LogP) is 16.7. The predicted molar refractivity (Wildman–Crippen MR) is 255 cm³/mol. The van der Waals surface area contributed by atoms with Gasteiger partial charge in [0.1, 0.15) is 11.2 Å². The fraction of sp³-hybridized carbons (Fsp3) is 0.0508. The van der Waals surface area contributed by atoms with Crippen LogP contribution >= 0.6 is 0 Å². The van der Waals surface area contributed by atoms with Gasteiger partial charge in [-0.15, -0.1) is 0 Å². The summed E-state index contributed by atoms with van der Waals surface area (Å²) in [6, 6.07) is 72.1. The van der Waals surface area contributed by atoms with Gasteiger partial charge in [0.15, 0.2) is 0 Å². The minimum absolute atomic E-state index is 0.105. The van der Waals surface area contributed by atoms with Crippen molar-refractivity contribution in [2.75, 3.05) is 0 Å². The molecule has 0 spiro atoms. The van der Waals surface area contributed by atoms with Crippen molar-refractivity contribution >= 4 is 75.8 Å². The van der Waals surface area contributed by atoms with E-state index in [1.165, 1.54) is 120 Å². The van der Waals surface area contributed by atoms with E-state index in [0.29, 0.717) is 0 Å². The Kier molecular flexibility index (Phi) is 6.85. The molecule has 60 heavy (non-hydrogen) atoms. The lowest BCUT2D eigenvalue weighted by atomic mass is 9.81. The highest BCUT2D eigenvalue weighted by atomic mass is 16.3. The van der Waals surface area contributed by atoms with Crippen molar-refractivity contribution in [3.05, 3.63) is 205 Å². The molecule has 0 fully saturated rings. The van der Waals surface area contributed by atoms with E-state index >= 15 is 0 Å². The first-order valence-corrected chi connectivity index (χ1v) is 21.0. The van der Waals surface area contributed by atoms with Crippen molar-refractivity contribution in [2.45, 2.75) is 19.3 Å². The molecule has 0 N–H and O–H groups in total. The molecule has 1 aliphatic carbocycles. The van der Waals surface area contributed by atoms with Crippen LogP contribution in [0.4, 0.5) is 0 Å². The van der Waals surface area contributed by atoms with Crippen LogP contribution in [0.5, 0.6) is 0 Å². The number of fused-ring (bicyclic) bond motifs is 11. The lowest BCUT2D eigenvalue weighted by Gasteiger charge is -2.22. The normalized spacial score (nSPS) is 13.3. The van der Waals surface area contributed by atoms with Crippen LogP contribution in [0.2, 0.25) is 0 Å². The molecule has 1 aromatic heterocycles. The van der Waals surface area contributed by atoms with Crippen LogP contribution < -0.4 is 0 Å². The van der Waals surface area contributed by atoms with Crippen molar-refractivity contribution < 1.29 is 4.42 Å². The van der Waals surface area contributed by atoms with Gasteiger partial charge in [-0.05, 0) is 158 Å². The Morgan fingerprint density at radius 2 is 0.867 bits per heavy atom. The molecule has 1 heteroatoms. The maximum Gasteiger partial charge on any atom is 0.136 e. The van der Waals surface area contributed by atoms with Gasteiger partial charge in [0, 0.05) is 16.2 Å². The first-order valence-electron chi connectivity index (χ1n) is 21.0. The molecule has 0 saturated carbocycles. The number of hydrogen-bond donors (Lipinski definition) is 0. The van der Waals surface area contributed by atoms with E-state index in [4.69, 9.17) is 4.42 Å². The van der Waals surface area contributed by atoms with E-state index in [9.17, 15) is 0 Å². The molecule has 0 aliphatic heterocycles. The molecule has 280 valence electrons. The van der Waals surface area contributed by atoms with Crippen molar-refractivity contribution in [1.29, 1.82) is 0 Å². The number of rotatable bonds is 3. The smallest absolute Gasteiger partial charge is 0.136 e. The minimum atomic E-state index is -0.105. The van der Waals surface area contributed by atoms with Crippen LogP contribution in [0.3, 0.4) is 0 Å². The Hall–Kier alpha value is -7.48. The van der Waals surface area contributed by atoms with Gasteiger partial charge < -0.3 is 4.42 Å². The van der Waals surface area contributed by atoms with Gasteiger partial charge in [-0.3, -0.25) is 0 Å². The first kappa shape index (κ1) is 33.5. The lowest BCUT2D eigenvalue weighted by Crippen LogP contribution is -2.14. The van der Waals surface area contributed by atoms with Crippen molar-refractivity contribution in [3.8, 4) is 44.5 Å². The zero-order valence-electron chi connectivity index (χ0n) is 33.4. The summed E-state index contributed by atoms with van der Waals surface area (Å²) in [4.78, 5) is 0. The quantitative estimate of drug-likeness (QED) is 0.163. The molecular weight excluding hydrogens is 725 g/mol. The lowest BCUT2D eigenvalue weighted by molar-refractivity contribution is 0.661. The van der Waals surface area contributed by atoms with Crippen LogP contribution in [0.1, 0.15) is 25.0 Å². The summed E-state index contributed by atoms with van der Waals surface area (Å²) in [6.45, 7) is 4.73. The molecule has 0 atom stereocenters. The van der Waals surface area contributed by atoms with E-state index in [1.807, 2.05) is 6.07 Å². The maximum absolute atomic E-state index is 6.31. The molecule has 11 aromatic carbocycles. The highest BCUT2D eigenvalue weighted by Gasteiger charge is 2.36. The second kappa shape index (κ2) is 12.3. The largest absolute Gasteiger partial charge is 0.456 e. The van der Waals surface area contributed by atoms with Gasteiger partial charge in [-0.1, -0.05) is 159 Å². The molecule has 1 heterocycles. The first-order chi connectivity index (χ1) is 29.5. The minimum Gasteiger partial charge on any atom is -0.456 e. The van der Waals surface area contributed by atoms with Gasteiger partial charge in [0.25, 0.3) is 0 Å². The summed E-state index contributed by atoms with van der Waals surface area (Å²) < 4.78 is 6.31. The number of furan rings is 1. The molecule has 13 rings (SSSR count). The third-order valence-electron chi connectivity index (χ3n) is 13.6. The van der Waals surface area contributed by atoms with E-state index in [1.54, 1.807) is 0 Å². The zero-order valence-corrected chi connectivity index (χ0v) is 33.4. The van der Waals surface area contributed by atoms with E-state index in [-0.39, 0.29) is 5.41 Å². The average Bonchev–Trinajstić information content (AvgIpc) is 3.76. The summed E-state index contributed by atoms with van der Waals surface area (Å²) in [7, 11) is 0. The third kappa shape index (κ3) is 4.75. The Morgan fingerprint density at radius 1 is 0.300 bits per heavy atom. The fourth-order valence-electron chi connectivity index (χ4n) is 10.7. The Balaban J connectivity index is 0.924. The highest BCUT2D eigenvalue weighted by molar-refractivity contribution is 6.24. The van der Waals surface area contributed by atoms with Crippen molar-refractivity contribution in [1.82, 2.24) is 0 Å². The molecule has 1 aliphatic rings. The van der Waals surface area contributed by atoms with Gasteiger partial charge in [-0.25, -0.2) is 0 Å². The van der Waals surface area contributed by atoms with Gasteiger partial charge in [-0.2, -0.15) is 0 Å². The van der Waals surface area contributed by atoms with Gasteiger partial charge >= 0.3 is 0 Å². The average molecular weight is 763 g/mol. The topological polar surface area (TPSA) is 13.1 Å². The van der Waals surface area contributed by atoms with E-state index in [2.05, 4.69) is 202 Å². The standard InChI is InChI=1S/C59H38O/c1-59(2)53-27-26-39(30-50(53)51-31-42-34-56-52(32-41(42)33-54(51)59)44-15-9-10-21-55(44)60-56)37-22-23-38-29-40(25-24-36(38)28-37)57-46-16-5-7-18-48(46)58(49-19-8-6-17-47(49)57)45-20-11-13-35-12-3-4-14-43(35)45/h3-34H,1-2H3. The van der Waals surface area contributed by atoms with Crippen molar-refractivity contribution in [2.24, 2.45) is 0 Å². The SMILES string of the molecule is CC1(C)c2ccc(-c3ccc4cc(-c5c6ccccc6c(-c6cccc7ccccc67)c6ccccc56)ccc4c3)cc2-c2cc3cc4oc5ccccc5c4cc3cc21. The van der Waals surface area contributed by atoms with Crippen LogP contribution in [-0.2, 0) is 5.41 Å². The summed E-state index contributed by atoms with van der Waals surface area (Å²) in [6.07, 6.45) is 0. The highest BCUT2D eigenvalue weighted by Crippen LogP contribution is 2.52. The summed E-state index contributed by atoms with van der Waals surface area (Å²) in [5, 5.41) is 14.9. The maximum atomic E-state index is 6.31. The number of benzene rings is 11. The molecule has 0 unspecified atom stereocenters. The Bertz CT molecular complexity index is 3740. The second-order valence-corrected chi connectivity index (χ2v) is 17.2. The second-order valence-electron chi connectivity index (χ2n) is 17.2. The zero-order chi connectivity index (χ0) is 39.7. The van der Waals surface area contributed by atoms with Crippen molar-refractivity contribution in [3.63, 3.8) is 0 Å². The summed E-state index contributed by atoms with van der Waals surface area (Å²) in [5.74, 6) is 0. The molecule has 1 nitrogen and oxygen atoms in total. The molecule has 0 amide bonds. The molecule has 0 saturated heterocycles. The van der Waals surface area contributed by atoms with Crippen LogP contribution in [0.15, 0.2) is 199 Å². The summed E-state index contributed by atoms with van der Waals surface area (Å²) >= 11 is 0. The monoisotopic (exact) mass is 762 g/mol. The van der Waals surface area contributed by atoms with E-state index in [0.717, 1.165) is 11.2 Å². The molecular formula is C59H38O. The van der Waals surface area contributed by atoms with Crippen LogP contribution in [0.25, 0.3) is 120 Å². The van der Waals surface area contributed by atoms with Gasteiger partial charge in [0.05, 0.1) is 0 Å².